The molecule has 19 heavy (non-hydrogen) atoms. The molecule has 0 aliphatic rings. The third-order valence-electron chi connectivity index (χ3n) is 2.48. The van der Waals surface area contributed by atoms with Gasteiger partial charge in [0, 0.05) is 32.7 Å². The Hall–Kier alpha value is -2.29. The second-order valence-corrected chi connectivity index (χ2v) is 5.48. The van der Waals surface area contributed by atoms with Crippen LogP contribution in [0.15, 0.2) is 29.6 Å². The molecular weight excluding hydrogens is 270 g/mol. The number of aromatic nitrogens is 3. The van der Waals surface area contributed by atoms with Gasteiger partial charge in [0.1, 0.15) is 10.6 Å². The summed E-state index contributed by atoms with van der Waals surface area (Å²) in [7, 11) is -0.701. The Morgan fingerprint density at radius 2 is 2.21 bits per heavy atom. The molecule has 0 aliphatic carbocycles. The number of nitrogens with zero attached hydrogens (tertiary/aromatic N) is 2. The van der Waals surface area contributed by atoms with Crippen LogP contribution in [0.3, 0.4) is 0 Å². The molecule has 0 spiro atoms. The Morgan fingerprint density at radius 1 is 1.47 bits per heavy atom. The third-order valence-corrected chi connectivity index (χ3v) is 3.79. The predicted molar refractivity (Wildman–Crippen MR) is 68.2 cm³/mol. The van der Waals surface area contributed by atoms with Crippen LogP contribution in [0.25, 0.3) is 0 Å². The molecule has 0 saturated heterocycles. The highest BCUT2D eigenvalue weighted by Crippen LogP contribution is 2.16. The van der Waals surface area contributed by atoms with Crippen molar-refractivity contribution < 1.29 is 13.2 Å². The average Bonchev–Trinajstić information content (AvgIpc) is 2.97. The smallest absolute Gasteiger partial charge is 0.267 e. The van der Waals surface area contributed by atoms with E-state index in [0.717, 1.165) is 0 Å². The molecule has 9 heteroatoms. The Morgan fingerprint density at radius 3 is 2.79 bits per heavy atom. The SMILES string of the molecule is CNC(=O)c1cc(S(=O)(=O)Nc2ncc[nH]2)cn1C. The number of rotatable bonds is 4. The summed E-state index contributed by atoms with van der Waals surface area (Å²) in [6, 6.07) is 1.30. The molecule has 0 atom stereocenters. The lowest BCUT2D eigenvalue weighted by atomic mass is 10.4. The van der Waals surface area contributed by atoms with E-state index < -0.39 is 10.0 Å². The second-order valence-electron chi connectivity index (χ2n) is 3.79. The lowest BCUT2D eigenvalue weighted by molar-refractivity contribution is 0.0955. The Labute approximate surface area is 109 Å². The van der Waals surface area contributed by atoms with Crippen LogP contribution in [0.2, 0.25) is 0 Å². The minimum Gasteiger partial charge on any atom is -0.354 e. The monoisotopic (exact) mass is 283 g/mol. The maximum atomic E-state index is 12.1. The summed E-state index contributed by atoms with van der Waals surface area (Å²) in [5.74, 6) is -0.243. The number of carbonyl (C=O) groups excluding carboxylic acids is 1. The number of amides is 1. The predicted octanol–water partition coefficient (Wildman–Crippen LogP) is -0.0914. The summed E-state index contributed by atoms with van der Waals surface area (Å²) in [6.07, 6.45) is 4.29. The van der Waals surface area contributed by atoms with Gasteiger partial charge in [-0.15, -0.1) is 0 Å². The first-order valence-electron chi connectivity index (χ1n) is 5.34. The van der Waals surface area contributed by atoms with Crippen molar-refractivity contribution in [1.29, 1.82) is 0 Å². The molecule has 0 fully saturated rings. The highest BCUT2D eigenvalue weighted by molar-refractivity contribution is 7.92. The fraction of sp³-hybridized carbons (Fsp3) is 0.200. The minimum absolute atomic E-state index is 0.00926. The molecule has 0 bridgehead atoms. The van der Waals surface area contributed by atoms with Gasteiger partial charge in [0.2, 0.25) is 5.95 Å². The molecule has 0 saturated carbocycles. The Bertz CT molecular complexity index is 687. The molecule has 8 nitrogen and oxygen atoms in total. The first kappa shape index (κ1) is 13.1. The summed E-state index contributed by atoms with van der Waals surface area (Å²) >= 11 is 0. The number of imidazole rings is 1. The molecule has 2 heterocycles. The molecule has 102 valence electrons. The van der Waals surface area contributed by atoms with Crippen LogP contribution in [-0.4, -0.2) is 35.9 Å². The summed E-state index contributed by atoms with van der Waals surface area (Å²) in [5.41, 5.74) is 0.252. The van der Waals surface area contributed by atoms with Gasteiger partial charge in [-0.2, -0.15) is 0 Å². The van der Waals surface area contributed by atoms with Crippen molar-refractivity contribution in [1.82, 2.24) is 19.9 Å². The van der Waals surface area contributed by atoms with Crippen LogP contribution in [0.1, 0.15) is 10.5 Å². The number of aryl methyl sites for hydroxylation is 1. The number of sulfonamides is 1. The number of nitrogens with one attached hydrogen (secondary N) is 3. The number of hydrogen-bond donors (Lipinski definition) is 3. The summed E-state index contributed by atoms with van der Waals surface area (Å²) in [4.78, 5) is 17.9. The average molecular weight is 283 g/mol. The zero-order valence-corrected chi connectivity index (χ0v) is 11.2. The number of aromatic amines is 1. The van der Waals surface area contributed by atoms with E-state index in [9.17, 15) is 13.2 Å². The Balaban J connectivity index is 2.34. The van der Waals surface area contributed by atoms with E-state index in [0.29, 0.717) is 0 Å². The van der Waals surface area contributed by atoms with Crippen LogP contribution >= 0.6 is 0 Å². The van der Waals surface area contributed by atoms with Gasteiger partial charge in [-0.05, 0) is 6.07 Å². The van der Waals surface area contributed by atoms with Crippen molar-refractivity contribution in [3.8, 4) is 0 Å². The van der Waals surface area contributed by atoms with E-state index in [1.54, 1.807) is 7.05 Å². The van der Waals surface area contributed by atoms with Gasteiger partial charge in [0.25, 0.3) is 15.9 Å². The van der Waals surface area contributed by atoms with E-state index in [1.165, 1.54) is 36.3 Å². The minimum atomic E-state index is -3.77. The van der Waals surface area contributed by atoms with Gasteiger partial charge in [0.15, 0.2) is 0 Å². The van der Waals surface area contributed by atoms with Gasteiger partial charge in [0.05, 0.1) is 0 Å². The van der Waals surface area contributed by atoms with Crippen LogP contribution in [0.5, 0.6) is 0 Å². The summed E-state index contributed by atoms with van der Waals surface area (Å²) < 4.78 is 27.8. The highest BCUT2D eigenvalue weighted by Gasteiger charge is 2.20. The number of H-pyrrole nitrogens is 1. The van der Waals surface area contributed by atoms with Crippen LogP contribution in [-0.2, 0) is 17.1 Å². The zero-order valence-electron chi connectivity index (χ0n) is 10.3. The molecule has 1 amide bonds. The molecule has 2 rings (SSSR count). The van der Waals surface area contributed by atoms with Gasteiger partial charge in [-0.25, -0.2) is 18.1 Å². The molecule has 2 aromatic rings. The normalized spacial score (nSPS) is 11.3. The van der Waals surface area contributed by atoms with Crippen molar-refractivity contribution >= 4 is 21.9 Å². The van der Waals surface area contributed by atoms with Crippen molar-refractivity contribution in [2.75, 3.05) is 11.8 Å². The van der Waals surface area contributed by atoms with E-state index in [4.69, 9.17) is 0 Å². The summed E-state index contributed by atoms with van der Waals surface area (Å²) in [6.45, 7) is 0. The molecule has 0 aromatic carbocycles. The largest absolute Gasteiger partial charge is 0.354 e. The fourth-order valence-electron chi connectivity index (χ4n) is 1.54. The third kappa shape index (κ3) is 2.60. The number of anilines is 1. The standard InChI is InChI=1S/C10H13N5O3S/c1-11-9(16)8-5-7(6-15(8)2)19(17,18)14-10-12-3-4-13-10/h3-6H,1-2H3,(H,11,16)(H2,12,13,14). The van der Waals surface area contributed by atoms with Crippen LogP contribution < -0.4 is 10.0 Å². The van der Waals surface area contributed by atoms with Gasteiger partial charge < -0.3 is 14.9 Å². The van der Waals surface area contributed by atoms with E-state index in [-0.39, 0.29) is 22.4 Å². The number of carbonyl (C=O) groups is 1. The first-order chi connectivity index (χ1) is 8.94. The topological polar surface area (TPSA) is 109 Å². The van der Waals surface area contributed by atoms with Gasteiger partial charge in [-0.3, -0.25) is 4.79 Å². The molecule has 0 unspecified atom stereocenters. The van der Waals surface area contributed by atoms with E-state index in [1.807, 2.05) is 0 Å². The van der Waals surface area contributed by atoms with Crippen LogP contribution in [0, 0.1) is 0 Å². The Kier molecular flexibility index (Phi) is 3.30. The quantitative estimate of drug-likeness (QED) is 0.728. The van der Waals surface area contributed by atoms with Gasteiger partial charge >= 0.3 is 0 Å². The molecule has 0 radical (unpaired) electrons. The van der Waals surface area contributed by atoms with Gasteiger partial charge in [-0.1, -0.05) is 0 Å². The van der Waals surface area contributed by atoms with Crippen molar-refractivity contribution in [2.45, 2.75) is 4.90 Å². The molecule has 3 N–H and O–H groups in total. The lowest BCUT2D eigenvalue weighted by Crippen LogP contribution is -2.20. The van der Waals surface area contributed by atoms with Crippen molar-refractivity contribution in [2.24, 2.45) is 7.05 Å². The molecular formula is C10H13N5O3S. The van der Waals surface area contributed by atoms with E-state index >= 15 is 0 Å². The number of hydrogen-bond acceptors (Lipinski definition) is 4. The van der Waals surface area contributed by atoms with Crippen molar-refractivity contribution in [3.05, 3.63) is 30.4 Å². The zero-order chi connectivity index (χ0) is 14.0. The molecule has 0 aliphatic heterocycles. The van der Waals surface area contributed by atoms with E-state index in [2.05, 4.69) is 20.0 Å². The lowest BCUT2D eigenvalue weighted by Gasteiger charge is -2.01. The summed E-state index contributed by atoms with van der Waals surface area (Å²) in [5, 5.41) is 2.44. The second kappa shape index (κ2) is 4.76. The highest BCUT2D eigenvalue weighted by atomic mass is 32.2. The maximum Gasteiger partial charge on any atom is 0.267 e. The maximum absolute atomic E-state index is 12.1. The van der Waals surface area contributed by atoms with Crippen molar-refractivity contribution in [3.63, 3.8) is 0 Å². The first-order valence-corrected chi connectivity index (χ1v) is 6.83. The van der Waals surface area contributed by atoms with Crippen LogP contribution in [0.4, 0.5) is 5.95 Å². The molecule has 2 aromatic heterocycles. The fourth-order valence-corrected chi connectivity index (χ4v) is 2.59.